The molecule has 0 unspecified atom stereocenters. The molecule has 0 fully saturated rings. The predicted molar refractivity (Wildman–Crippen MR) is 65.7 cm³/mol. The largest absolute Gasteiger partial charge is 0.443 e. The van der Waals surface area contributed by atoms with Crippen molar-refractivity contribution < 1.29 is 14.6 Å². The number of hydrogen-bond acceptors (Lipinski definition) is 3. The molecule has 0 aromatic heterocycles. The predicted octanol–water partition coefficient (Wildman–Crippen LogP) is 2.49. The summed E-state index contributed by atoms with van der Waals surface area (Å²) >= 11 is 5.97. The van der Waals surface area contributed by atoms with Crippen molar-refractivity contribution in [2.24, 2.45) is 11.7 Å². The molecule has 3 N–H and O–H groups in total. The van der Waals surface area contributed by atoms with Crippen molar-refractivity contribution in [3.8, 4) is 0 Å². The summed E-state index contributed by atoms with van der Waals surface area (Å²) in [5.41, 5.74) is 5.50. The first-order valence-corrected chi connectivity index (χ1v) is 5.70. The Balaban J connectivity index is 2.95. The second-order valence-electron chi connectivity index (χ2n) is 4.11. The number of halogens is 1. The van der Waals surface area contributed by atoms with Crippen LogP contribution in [0.4, 0.5) is 4.79 Å². The molecule has 0 radical (unpaired) electrons. The van der Waals surface area contributed by atoms with E-state index in [1.807, 2.05) is 13.8 Å². The Morgan fingerprint density at radius 1 is 1.41 bits per heavy atom. The Bertz CT molecular complexity index is 395. The van der Waals surface area contributed by atoms with Gasteiger partial charge in [0.25, 0.3) is 0 Å². The number of benzene rings is 1. The van der Waals surface area contributed by atoms with Crippen LogP contribution in [-0.4, -0.2) is 17.3 Å². The van der Waals surface area contributed by atoms with Crippen LogP contribution in [0, 0.1) is 5.92 Å². The van der Waals surface area contributed by atoms with Gasteiger partial charge in [0.15, 0.2) is 0 Å². The summed E-state index contributed by atoms with van der Waals surface area (Å²) in [5.74, 6) is -0.0752. The van der Waals surface area contributed by atoms with Crippen LogP contribution in [0.15, 0.2) is 24.3 Å². The standard InChI is InChI=1S/C12H16ClNO3/c1-7(2)11(17-12(14)16)10(15)8-5-3-4-6-9(8)13/h3-7,10-11,15H,1-2H3,(H2,14,16)/t10-,11-/m0/s1. The summed E-state index contributed by atoms with van der Waals surface area (Å²) in [7, 11) is 0. The molecule has 0 heterocycles. The van der Waals surface area contributed by atoms with E-state index in [1.54, 1.807) is 24.3 Å². The number of carbonyl (C=O) groups is 1. The molecule has 0 aliphatic rings. The van der Waals surface area contributed by atoms with Crippen molar-refractivity contribution in [2.45, 2.75) is 26.1 Å². The number of hydrogen-bond donors (Lipinski definition) is 2. The Labute approximate surface area is 105 Å². The normalized spacial score (nSPS) is 14.4. The van der Waals surface area contributed by atoms with Gasteiger partial charge in [-0.05, 0) is 12.0 Å². The van der Waals surface area contributed by atoms with E-state index in [1.165, 1.54) is 0 Å². The summed E-state index contributed by atoms with van der Waals surface area (Å²) in [4.78, 5) is 10.8. The van der Waals surface area contributed by atoms with Gasteiger partial charge in [0, 0.05) is 10.6 Å². The van der Waals surface area contributed by atoms with Crippen LogP contribution in [0.5, 0.6) is 0 Å². The van der Waals surface area contributed by atoms with E-state index < -0.39 is 18.3 Å². The van der Waals surface area contributed by atoms with E-state index >= 15 is 0 Å². The van der Waals surface area contributed by atoms with Crippen LogP contribution in [0.2, 0.25) is 5.02 Å². The van der Waals surface area contributed by atoms with Crippen LogP contribution in [0.3, 0.4) is 0 Å². The number of carbonyl (C=O) groups excluding carboxylic acids is 1. The smallest absolute Gasteiger partial charge is 0.404 e. The van der Waals surface area contributed by atoms with Gasteiger partial charge < -0.3 is 15.6 Å². The van der Waals surface area contributed by atoms with Gasteiger partial charge >= 0.3 is 6.09 Å². The van der Waals surface area contributed by atoms with E-state index in [0.717, 1.165) is 0 Å². The average Bonchev–Trinajstić information content (AvgIpc) is 2.25. The van der Waals surface area contributed by atoms with Gasteiger partial charge in [-0.15, -0.1) is 0 Å². The molecule has 1 aromatic rings. The SMILES string of the molecule is CC(C)[C@H](OC(N)=O)[C@@H](O)c1ccccc1Cl. The molecule has 0 saturated heterocycles. The highest BCUT2D eigenvalue weighted by molar-refractivity contribution is 6.31. The number of ether oxygens (including phenoxy) is 1. The molecule has 4 nitrogen and oxygen atoms in total. The number of amides is 1. The lowest BCUT2D eigenvalue weighted by molar-refractivity contribution is -0.0196. The van der Waals surface area contributed by atoms with Crippen molar-refractivity contribution in [1.82, 2.24) is 0 Å². The summed E-state index contributed by atoms with van der Waals surface area (Å²) < 4.78 is 4.91. The molecule has 2 atom stereocenters. The Hall–Kier alpha value is -1.26. The third-order valence-corrected chi connectivity index (χ3v) is 2.79. The Morgan fingerprint density at radius 2 is 2.00 bits per heavy atom. The van der Waals surface area contributed by atoms with Crippen molar-refractivity contribution >= 4 is 17.7 Å². The minimum atomic E-state index is -0.990. The molecule has 0 bridgehead atoms. The molecule has 0 spiro atoms. The van der Waals surface area contributed by atoms with Gasteiger partial charge in [-0.25, -0.2) is 4.79 Å². The van der Waals surface area contributed by atoms with Gasteiger partial charge in [-0.3, -0.25) is 0 Å². The van der Waals surface area contributed by atoms with Crippen LogP contribution >= 0.6 is 11.6 Å². The molecular formula is C12H16ClNO3. The number of aliphatic hydroxyl groups excluding tert-OH is 1. The Morgan fingerprint density at radius 3 is 2.47 bits per heavy atom. The number of primary amides is 1. The summed E-state index contributed by atoms with van der Waals surface area (Å²) in [6.07, 6.45) is -2.61. The molecule has 1 amide bonds. The van der Waals surface area contributed by atoms with Gasteiger partial charge in [-0.1, -0.05) is 43.6 Å². The monoisotopic (exact) mass is 257 g/mol. The van der Waals surface area contributed by atoms with Crippen LogP contribution in [-0.2, 0) is 4.74 Å². The van der Waals surface area contributed by atoms with Gasteiger partial charge in [0.2, 0.25) is 0 Å². The van der Waals surface area contributed by atoms with Crippen LogP contribution in [0.25, 0.3) is 0 Å². The van der Waals surface area contributed by atoms with Crippen molar-refractivity contribution in [3.63, 3.8) is 0 Å². The summed E-state index contributed by atoms with van der Waals surface area (Å²) in [6.45, 7) is 3.65. The first-order chi connectivity index (χ1) is 7.93. The maximum atomic E-state index is 10.8. The zero-order chi connectivity index (χ0) is 13.0. The lowest BCUT2D eigenvalue weighted by Crippen LogP contribution is -2.32. The lowest BCUT2D eigenvalue weighted by Gasteiger charge is -2.26. The highest BCUT2D eigenvalue weighted by Crippen LogP contribution is 2.29. The van der Waals surface area contributed by atoms with E-state index in [4.69, 9.17) is 22.1 Å². The molecule has 1 aromatic carbocycles. The van der Waals surface area contributed by atoms with E-state index in [0.29, 0.717) is 10.6 Å². The molecule has 0 aliphatic heterocycles. The lowest BCUT2D eigenvalue weighted by atomic mass is 9.96. The van der Waals surface area contributed by atoms with Crippen LogP contribution in [0.1, 0.15) is 25.5 Å². The zero-order valence-electron chi connectivity index (χ0n) is 9.76. The van der Waals surface area contributed by atoms with Crippen molar-refractivity contribution in [1.29, 1.82) is 0 Å². The first-order valence-electron chi connectivity index (χ1n) is 5.32. The third kappa shape index (κ3) is 3.61. The second kappa shape index (κ2) is 5.89. The molecule has 0 saturated carbocycles. The third-order valence-electron chi connectivity index (χ3n) is 2.44. The van der Waals surface area contributed by atoms with E-state index in [-0.39, 0.29) is 5.92 Å². The minimum absolute atomic E-state index is 0.0752. The second-order valence-corrected chi connectivity index (χ2v) is 4.52. The Kier molecular flexibility index (Phi) is 4.78. The summed E-state index contributed by atoms with van der Waals surface area (Å²) in [6, 6.07) is 6.87. The number of nitrogens with two attached hydrogens (primary N) is 1. The van der Waals surface area contributed by atoms with Crippen molar-refractivity contribution in [2.75, 3.05) is 0 Å². The highest BCUT2D eigenvalue weighted by Gasteiger charge is 2.28. The fraction of sp³-hybridized carbons (Fsp3) is 0.417. The average molecular weight is 258 g/mol. The molecule has 17 heavy (non-hydrogen) atoms. The first kappa shape index (κ1) is 13.8. The van der Waals surface area contributed by atoms with Gasteiger partial charge in [0.05, 0.1) is 0 Å². The molecule has 1 rings (SSSR count). The summed E-state index contributed by atoms with van der Waals surface area (Å²) in [5, 5.41) is 10.6. The minimum Gasteiger partial charge on any atom is -0.443 e. The topological polar surface area (TPSA) is 72.5 Å². The van der Waals surface area contributed by atoms with Crippen molar-refractivity contribution in [3.05, 3.63) is 34.9 Å². The highest BCUT2D eigenvalue weighted by atomic mass is 35.5. The zero-order valence-corrected chi connectivity index (χ0v) is 10.5. The van der Waals surface area contributed by atoms with Gasteiger partial charge in [0.1, 0.15) is 12.2 Å². The quantitative estimate of drug-likeness (QED) is 0.870. The molecule has 0 aliphatic carbocycles. The fourth-order valence-corrected chi connectivity index (χ4v) is 1.84. The maximum absolute atomic E-state index is 10.8. The van der Waals surface area contributed by atoms with E-state index in [2.05, 4.69) is 0 Å². The van der Waals surface area contributed by atoms with Crippen LogP contribution < -0.4 is 5.73 Å². The van der Waals surface area contributed by atoms with E-state index in [9.17, 15) is 9.90 Å². The fourth-order valence-electron chi connectivity index (χ4n) is 1.59. The van der Waals surface area contributed by atoms with Gasteiger partial charge in [-0.2, -0.15) is 0 Å². The molecule has 94 valence electrons. The number of aliphatic hydroxyl groups is 1. The number of rotatable bonds is 4. The maximum Gasteiger partial charge on any atom is 0.404 e. The molecular weight excluding hydrogens is 242 g/mol. The molecule has 5 heteroatoms.